The number of hydrogen-bond acceptors (Lipinski definition) is 14. The van der Waals surface area contributed by atoms with Gasteiger partial charge in [-0.2, -0.15) is 10.6 Å². The molecule has 71 heavy (non-hydrogen) atoms. The van der Waals surface area contributed by atoms with E-state index in [1.807, 2.05) is 12.1 Å². The lowest BCUT2D eigenvalue weighted by molar-refractivity contribution is -0.825. The number of likely N-dealkylation sites (N-methyl/N-ethyl adjacent to an activating group) is 1. The third kappa shape index (κ3) is 13.3. The highest BCUT2D eigenvalue weighted by atomic mass is 35.5. The average Bonchev–Trinajstić information content (AvgIpc) is 3.86. The number of aliphatic hydroxyl groups excluding tert-OH is 1. The van der Waals surface area contributed by atoms with Crippen molar-refractivity contribution in [3.05, 3.63) is 119 Å². The van der Waals surface area contributed by atoms with Gasteiger partial charge < -0.3 is 57.9 Å². The fourth-order valence-corrected chi connectivity index (χ4v) is 8.06. The first-order chi connectivity index (χ1) is 34.2. The summed E-state index contributed by atoms with van der Waals surface area (Å²) in [7, 11) is 1.41. The molecule has 1 aromatic heterocycles. The molecule has 0 spiro atoms. The number of aromatic nitrogens is 2. The van der Waals surface area contributed by atoms with E-state index < -0.39 is 65.7 Å². The third-order valence-electron chi connectivity index (χ3n) is 11.7. The highest BCUT2D eigenvalue weighted by Gasteiger charge is 2.37. The van der Waals surface area contributed by atoms with Gasteiger partial charge >= 0.3 is 0 Å². The van der Waals surface area contributed by atoms with Crippen LogP contribution in [0.15, 0.2) is 91.1 Å². The second kappa shape index (κ2) is 25.0. The Morgan fingerprint density at radius 1 is 0.845 bits per heavy atom. The van der Waals surface area contributed by atoms with E-state index in [0.717, 1.165) is 17.3 Å². The molecular formula is C49H59ClN11O10+. The summed E-state index contributed by atoms with van der Waals surface area (Å²) in [5.41, 5.74) is 21.4. The first kappa shape index (κ1) is 53.1. The van der Waals surface area contributed by atoms with Crippen LogP contribution >= 0.6 is 11.6 Å². The number of unbranched alkanes of at least 4 members (excludes halogenated alkanes) is 1. The molecule has 4 aromatic carbocycles. The number of nitrogens with two attached hydrogens (primary N) is 4. The molecule has 5 amide bonds. The quantitative estimate of drug-likeness (QED) is 0.0224. The molecule has 5 atom stereocenters. The monoisotopic (exact) mass is 996 g/mol. The lowest BCUT2D eigenvalue weighted by Gasteiger charge is -2.33. The number of nitrogens with one attached hydrogen (secondary N) is 5. The predicted octanol–water partition coefficient (Wildman–Crippen LogP) is 0.946. The van der Waals surface area contributed by atoms with Crippen molar-refractivity contribution in [3.8, 4) is 33.8 Å². The fourth-order valence-electron chi connectivity index (χ4n) is 7.93. The Morgan fingerprint density at radius 2 is 1.48 bits per heavy atom. The number of fused-ring (bicyclic) bond motifs is 5. The Balaban J connectivity index is 1.39. The SMILES string of the molecule is C[C@@H]1NC(=O)C(N(C)C(=O)[C@H](CCCCN)NC(=O)c2ccc(-c3ccc(Cl)cc3)cc2)c2ccc(OCCN)c(c2)-c2cc(ccc2OCCN)CC(C(=O)NC(O)C(=O)c2[nH]ncc2[NH2+]O)NC1=O. The molecule has 376 valence electrons. The van der Waals surface area contributed by atoms with Crippen molar-refractivity contribution in [2.45, 2.75) is 63.0 Å². The van der Waals surface area contributed by atoms with Gasteiger partial charge in [-0.05, 0) is 104 Å². The van der Waals surface area contributed by atoms with Crippen LogP contribution in [0.25, 0.3) is 22.3 Å². The molecule has 0 saturated carbocycles. The van der Waals surface area contributed by atoms with Crippen molar-refractivity contribution in [2.24, 2.45) is 17.2 Å². The van der Waals surface area contributed by atoms with Gasteiger partial charge in [-0.15, -0.1) is 0 Å². The number of H-pyrrole nitrogens is 1. The van der Waals surface area contributed by atoms with E-state index >= 15 is 0 Å². The fraction of sp³-hybridized carbons (Fsp3) is 0.327. The largest absolute Gasteiger partial charge is 0.492 e. The molecule has 21 nitrogen and oxygen atoms in total. The molecule has 4 bridgehead atoms. The Labute approximate surface area is 414 Å². The van der Waals surface area contributed by atoms with Gasteiger partial charge in [0.05, 0.1) is 0 Å². The van der Waals surface area contributed by atoms with Crippen LogP contribution in [0, 0.1) is 0 Å². The molecule has 1 aliphatic heterocycles. The average molecular weight is 998 g/mol. The number of benzene rings is 4. The zero-order valence-corrected chi connectivity index (χ0v) is 39.9. The molecular weight excluding hydrogens is 938 g/mol. The lowest BCUT2D eigenvalue weighted by atomic mass is 9.93. The zero-order chi connectivity index (χ0) is 51.2. The number of rotatable bonds is 20. The van der Waals surface area contributed by atoms with Crippen LogP contribution in [-0.2, 0) is 25.6 Å². The van der Waals surface area contributed by atoms with Gasteiger partial charge in [0.1, 0.15) is 55.1 Å². The maximum atomic E-state index is 14.9. The van der Waals surface area contributed by atoms with E-state index in [9.17, 15) is 39.1 Å². The van der Waals surface area contributed by atoms with Crippen LogP contribution in [0.3, 0.4) is 0 Å². The topological polar surface area (TPSA) is 336 Å². The Kier molecular flexibility index (Phi) is 18.7. The van der Waals surface area contributed by atoms with E-state index in [1.165, 1.54) is 18.9 Å². The summed E-state index contributed by atoms with van der Waals surface area (Å²) in [5, 5.41) is 37.4. The molecule has 5 aromatic rings. The number of amides is 5. The number of hydrogen-bond donors (Lipinski definition) is 11. The first-order valence-electron chi connectivity index (χ1n) is 22.9. The van der Waals surface area contributed by atoms with Crippen LogP contribution in [0.1, 0.15) is 64.2 Å². The van der Waals surface area contributed by atoms with Crippen molar-refractivity contribution in [3.63, 3.8) is 0 Å². The van der Waals surface area contributed by atoms with Crippen LogP contribution in [0.4, 0.5) is 5.69 Å². The normalized spacial score (nSPS) is 16.6. The minimum atomic E-state index is -2.14. The number of halogens is 1. The maximum Gasteiger partial charge on any atom is 0.251 e. The van der Waals surface area contributed by atoms with Gasteiger partial charge in [-0.3, -0.25) is 33.9 Å². The molecule has 1 aliphatic rings. The minimum Gasteiger partial charge on any atom is -0.492 e. The molecule has 3 unspecified atom stereocenters. The summed E-state index contributed by atoms with van der Waals surface area (Å²) in [6.45, 7) is 2.18. The molecule has 0 aliphatic carbocycles. The van der Waals surface area contributed by atoms with Crippen molar-refractivity contribution in [1.29, 1.82) is 0 Å². The Bertz CT molecular complexity index is 2680. The molecule has 0 fully saturated rings. The molecule has 6 rings (SSSR count). The maximum absolute atomic E-state index is 14.9. The zero-order valence-electron chi connectivity index (χ0n) is 39.2. The summed E-state index contributed by atoms with van der Waals surface area (Å²) in [6, 6.07) is 18.5. The Morgan fingerprint density at radius 3 is 2.11 bits per heavy atom. The number of ether oxygens (including phenoxy) is 2. The van der Waals surface area contributed by atoms with Crippen LogP contribution in [0.2, 0.25) is 5.02 Å². The van der Waals surface area contributed by atoms with Crippen molar-refractivity contribution >= 4 is 52.6 Å². The van der Waals surface area contributed by atoms with Crippen molar-refractivity contribution < 1.29 is 54.0 Å². The molecule has 2 heterocycles. The molecule has 0 saturated heterocycles. The van der Waals surface area contributed by atoms with E-state index in [0.29, 0.717) is 58.1 Å². The number of quaternary nitrogens is 1. The summed E-state index contributed by atoms with van der Waals surface area (Å²) in [5.74, 6) is -4.18. The Hall–Kier alpha value is -7.24. The molecule has 15 N–H and O–H groups in total. The second-order valence-corrected chi connectivity index (χ2v) is 17.1. The number of aliphatic hydroxyl groups is 1. The smallest absolute Gasteiger partial charge is 0.251 e. The molecule has 0 radical (unpaired) electrons. The van der Waals surface area contributed by atoms with Gasteiger partial charge in [-0.25, -0.2) is 5.21 Å². The number of Topliss-reactive ketones (excluding diaryl/α,β-unsaturated/α-hetero) is 1. The van der Waals surface area contributed by atoms with E-state index in [4.69, 9.17) is 38.3 Å². The number of carbonyl (C=O) groups excluding carboxylic acids is 6. The number of carbonyl (C=O) groups is 6. The van der Waals surface area contributed by atoms with E-state index in [1.54, 1.807) is 72.8 Å². The lowest BCUT2D eigenvalue weighted by Crippen LogP contribution is -2.74. The summed E-state index contributed by atoms with van der Waals surface area (Å²) >= 11 is 6.08. The van der Waals surface area contributed by atoms with Crippen LogP contribution in [0.5, 0.6) is 11.5 Å². The van der Waals surface area contributed by atoms with Crippen molar-refractivity contribution in [2.75, 3.05) is 39.9 Å². The summed E-state index contributed by atoms with van der Waals surface area (Å²) in [4.78, 5) is 85.8. The first-order valence-corrected chi connectivity index (χ1v) is 23.3. The number of ketones is 1. The van der Waals surface area contributed by atoms with Gasteiger partial charge in [0.15, 0.2) is 11.9 Å². The van der Waals surface area contributed by atoms with Gasteiger partial charge in [0, 0.05) is 48.3 Å². The number of nitrogens with zero attached hydrogens (tertiary/aromatic N) is 2. The standard InChI is InChI=1S/C49H58ClN11O10/c1-27-44(63)57-37(46(65)58-48(67)43(62)41-38(60-69)26-54-59-41)24-28-6-16-39(70-21-19-52)34(23-28)35-25-32(13-17-40(35)71-22-20-53)42(47(66)55-27)61(2)49(68)36(5-3-4-18-51)56-45(64)31-9-7-29(8-10-31)30-11-14-33(50)15-12-30/h6-17,23,25-27,36-37,42,48,60,67,69H,3-5,18-22,24,51-53H2,1-2H3,(H,54,59)(H,55,66)(H,56,64)(H,57,63)(H,58,65)/p+1/t27-,36-,37?,42?,48?/m0/s1. The second-order valence-electron chi connectivity index (χ2n) is 16.7. The van der Waals surface area contributed by atoms with E-state index in [-0.39, 0.29) is 61.7 Å². The minimum absolute atomic E-state index is 0.0445. The highest BCUT2D eigenvalue weighted by molar-refractivity contribution is 6.30. The van der Waals surface area contributed by atoms with Crippen LogP contribution < -0.4 is 53.4 Å². The third-order valence-corrected chi connectivity index (χ3v) is 11.9. The van der Waals surface area contributed by atoms with Gasteiger partial charge in [0.25, 0.3) is 5.91 Å². The van der Waals surface area contributed by atoms with Crippen LogP contribution in [-0.4, -0.2) is 125 Å². The van der Waals surface area contributed by atoms with Gasteiger partial charge in [0.2, 0.25) is 35.1 Å². The molecule has 22 heteroatoms. The predicted molar refractivity (Wildman–Crippen MR) is 261 cm³/mol. The summed E-state index contributed by atoms with van der Waals surface area (Å²) in [6.07, 6.45) is -0.0477. The van der Waals surface area contributed by atoms with E-state index in [2.05, 4.69) is 31.5 Å². The highest BCUT2D eigenvalue weighted by Crippen LogP contribution is 2.40. The number of aromatic amines is 1. The van der Waals surface area contributed by atoms with Gasteiger partial charge in [-0.1, -0.05) is 48.0 Å². The van der Waals surface area contributed by atoms with Crippen molar-refractivity contribution in [1.82, 2.24) is 36.4 Å². The summed E-state index contributed by atoms with van der Waals surface area (Å²) < 4.78 is 12.2.